The van der Waals surface area contributed by atoms with Crippen LogP contribution >= 0.6 is 0 Å². The zero-order valence-corrected chi connectivity index (χ0v) is 14.5. The van der Waals surface area contributed by atoms with Crippen molar-refractivity contribution in [3.8, 4) is 22.8 Å². The number of H-pyrrole nitrogens is 1. The van der Waals surface area contributed by atoms with Gasteiger partial charge in [-0.2, -0.15) is 4.98 Å². The fraction of sp³-hybridized carbons (Fsp3) is 0.250. The Balaban J connectivity index is 1.54. The summed E-state index contributed by atoms with van der Waals surface area (Å²) >= 11 is 0. The highest BCUT2D eigenvalue weighted by atomic mass is 19.1. The Kier molecular flexibility index (Phi) is 3.67. The predicted molar refractivity (Wildman–Crippen MR) is 98.7 cm³/mol. The number of halogens is 1. The summed E-state index contributed by atoms with van der Waals surface area (Å²) in [5.74, 6) is 0.284. The number of aromatic amines is 1. The van der Waals surface area contributed by atoms with Gasteiger partial charge in [0.25, 0.3) is 5.89 Å². The predicted octanol–water partition coefficient (Wildman–Crippen LogP) is 4.30. The number of benzene rings is 2. The molecule has 0 bridgehead atoms. The molecule has 2 aromatic heterocycles. The molecule has 0 atom stereocenters. The minimum Gasteiger partial charge on any atom is -0.334 e. The number of nitrogens with one attached hydrogen (secondary N) is 1. The van der Waals surface area contributed by atoms with Crippen LogP contribution in [0.25, 0.3) is 33.9 Å². The average molecular weight is 364 g/mol. The van der Waals surface area contributed by atoms with Crippen molar-refractivity contribution in [1.82, 2.24) is 19.7 Å². The molecule has 1 aliphatic carbocycles. The zero-order valence-electron chi connectivity index (χ0n) is 14.5. The van der Waals surface area contributed by atoms with Crippen molar-refractivity contribution in [3.63, 3.8) is 0 Å². The van der Waals surface area contributed by atoms with Gasteiger partial charge in [0.2, 0.25) is 5.82 Å². The SMILES string of the molecule is O=c1[nH]c2cc(-c3noc(-c4cccc(F)c4)n3)ccc2n1C1CCCC1. The van der Waals surface area contributed by atoms with Gasteiger partial charge >= 0.3 is 5.69 Å². The summed E-state index contributed by atoms with van der Waals surface area (Å²) in [6, 6.07) is 11.9. The van der Waals surface area contributed by atoms with E-state index in [0.717, 1.165) is 42.3 Å². The van der Waals surface area contributed by atoms with E-state index in [-0.39, 0.29) is 23.4 Å². The van der Waals surface area contributed by atoms with Crippen molar-refractivity contribution < 1.29 is 8.91 Å². The maximum atomic E-state index is 13.4. The maximum Gasteiger partial charge on any atom is 0.326 e. The van der Waals surface area contributed by atoms with Crippen LogP contribution in [-0.2, 0) is 0 Å². The van der Waals surface area contributed by atoms with Gasteiger partial charge in [0, 0.05) is 17.2 Å². The van der Waals surface area contributed by atoms with E-state index in [1.54, 1.807) is 12.1 Å². The van der Waals surface area contributed by atoms with Gasteiger partial charge in [-0.05, 0) is 49.2 Å². The van der Waals surface area contributed by atoms with Crippen LogP contribution in [0.1, 0.15) is 31.7 Å². The lowest BCUT2D eigenvalue weighted by Gasteiger charge is -2.11. The van der Waals surface area contributed by atoms with Gasteiger partial charge < -0.3 is 9.51 Å². The van der Waals surface area contributed by atoms with Gasteiger partial charge in [0.15, 0.2) is 0 Å². The number of rotatable bonds is 3. The third-order valence-corrected chi connectivity index (χ3v) is 5.16. The normalized spacial score (nSPS) is 15.0. The van der Waals surface area contributed by atoms with Crippen LogP contribution in [0.3, 0.4) is 0 Å². The van der Waals surface area contributed by atoms with Crippen molar-refractivity contribution >= 4 is 11.0 Å². The van der Waals surface area contributed by atoms with Crippen molar-refractivity contribution in [2.75, 3.05) is 0 Å². The molecule has 7 heteroatoms. The Labute approximate surface area is 153 Å². The lowest BCUT2D eigenvalue weighted by Crippen LogP contribution is -2.20. The van der Waals surface area contributed by atoms with Crippen LogP contribution in [0.15, 0.2) is 51.8 Å². The number of hydrogen-bond donors (Lipinski definition) is 1. The summed E-state index contributed by atoms with van der Waals surface area (Å²) < 4.78 is 20.5. The number of fused-ring (bicyclic) bond motifs is 1. The van der Waals surface area contributed by atoms with E-state index in [9.17, 15) is 9.18 Å². The summed E-state index contributed by atoms with van der Waals surface area (Å²) in [6.45, 7) is 0. The molecule has 0 aliphatic heterocycles. The van der Waals surface area contributed by atoms with Crippen LogP contribution in [0, 0.1) is 5.82 Å². The third-order valence-electron chi connectivity index (χ3n) is 5.16. The molecular weight excluding hydrogens is 347 g/mol. The zero-order chi connectivity index (χ0) is 18.4. The second kappa shape index (κ2) is 6.19. The quantitative estimate of drug-likeness (QED) is 0.588. The molecule has 1 saturated carbocycles. The first-order valence-electron chi connectivity index (χ1n) is 9.03. The van der Waals surface area contributed by atoms with Crippen molar-refractivity contribution in [2.24, 2.45) is 0 Å². The molecule has 0 amide bonds. The maximum absolute atomic E-state index is 13.4. The Morgan fingerprint density at radius 3 is 2.78 bits per heavy atom. The van der Waals surface area contributed by atoms with Crippen LogP contribution < -0.4 is 5.69 Å². The van der Waals surface area contributed by atoms with E-state index in [0.29, 0.717) is 11.4 Å². The highest BCUT2D eigenvalue weighted by Crippen LogP contribution is 2.31. The molecule has 2 heterocycles. The van der Waals surface area contributed by atoms with E-state index in [1.807, 2.05) is 22.8 Å². The Morgan fingerprint density at radius 2 is 1.96 bits per heavy atom. The van der Waals surface area contributed by atoms with E-state index in [1.165, 1.54) is 12.1 Å². The summed E-state index contributed by atoms with van der Waals surface area (Å²) in [4.78, 5) is 19.7. The largest absolute Gasteiger partial charge is 0.334 e. The lowest BCUT2D eigenvalue weighted by molar-refractivity contribution is 0.432. The second-order valence-corrected chi connectivity index (χ2v) is 6.90. The average Bonchev–Trinajstić information content (AvgIpc) is 3.40. The highest BCUT2D eigenvalue weighted by molar-refractivity contribution is 5.81. The number of imidazole rings is 1. The number of hydrogen-bond acceptors (Lipinski definition) is 4. The van der Waals surface area contributed by atoms with Crippen molar-refractivity contribution in [2.45, 2.75) is 31.7 Å². The van der Waals surface area contributed by atoms with E-state index in [4.69, 9.17) is 4.52 Å². The molecule has 4 aromatic rings. The van der Waals surface area contributed by atoms with Crippen LogP contribution in [0.4, 0.5) is 4.39 Å². The number of nitrogens with zero attached hydrogens (tertiary/aromatic N) is 3. The molecule has 136 valence electrons. The fourth-order valence-corrected chi connectivity index (χ4v) is 3.87. The Hall–Kier alpha value is -3.22. The third kappa shape index (κ3) is 2.75. The molecule has 6 nitrogen and oxygen atoms in total. The minimum atomic E-state index is -0.362. The summed E-state index contributed by atoms with van der Waals surface area (Å²) in [7, 11) is 0. The lowest BCUT2D eigenvalue weighted by atomic mass is 10.1. The highest BCUT2D eigenvalue weighted by Gasteiger charge is 2.21. The van der Waals surface area contributed by atoms with Crippen LogP contribution in [-0.4, -0.2) is 19.7 Å². The standard InChI is InChI=1S/C20H17FN4O2/c21-14-5-3-4-13(10-14)19-23-18(24-27-19)12-8-9-17-16(11-12)22-20(26)25(17)15-6-1-2-7-15/h3-5,8-11,15H,1-2,6-7H2,(H,22,26). The second-order valence-electron chi connectivity index (χ2n) is 6.90. The van der Waals surface area contributed by atoms with Gasteiger partial charge in [-0.3, -0.25) is 4.57 Å². The molecule has 5 rings (SSSR count). The first kappa shape index (κ1) is 16.0. The smallest absolute Gasteiger partial charge is 0.326 e. The molecule has 1 aliphatic rings. The van der Waals surface area contributed by atoms with Gasteiger partial charge in [-0.25, -0.2) is 9.18 Å². The molecule has 1 N–H and O–H groups in total. The van der Waals surface area contributed by atoms with E-state index in [2.05, 4.69) is 15.1 Å². The molecule has 0 spiro atoms. The monoisotopic (exact) mass is 364 g/mol. The molecule has 0 radical (unpaired) electrons. The first-order chi connectivity index (χ1) is 13.2. The van der Waals surface area contributed by atoms with Crippen molar-refractivity contribution in [3.05, 3.63) is 58.8 Å². The van der Waals surface area contributed by atoms with Crippen LogP contribution in [0.2, 0.25) is 0 Å². The molecule has 27 heavy (non-hydrogen) atoms. The molecule has 2 aromatic carbocycles. The van der Waals surface area contributed by atoms with Gasteiger partial charge in [0.05, 0.1) is 11.0 Å². The van der Waals surface area contributed by atoms with E-state index >= 15 is 0 Å². The van der Waals surface area contributed by atoms with Gasteiger partial charge in [-0.1, -0.05) is 24.1 Å². The fourth-order valence-electron chi connectivity index (χ4n) is 3.87. The number of aromatic nitrogens is 4. The summed E-state index contributed by atoms with van der Waals surface area (Å²) in [5.41, 5.74) is 2.82. The summed E-state index contributed by atoms with van der Waals surface area (Å²) in [5, 5.41) is 4.00. The van der Waals surface area contributed by atoms with Gasteiger partial charge in [0.1, 0.15) is 5.82 Å². The van der Waals surface area contributed by atoms with E-state index < -0.39 is 0 Å². The molecule has 1 fully saturated rings. The molecule has 0 saturated heterocycles. The summed E-state index contributed by atoms with van der Waals surface area (Å²) in [6.07, 6.45) is 4.40. The Morgan fingerprint density at radius 1 is 1.11 bits per heavy atom. The Bertz CT molecular complexity index is 1180. The van der Waals surface area contributed by atoms with Crippen LogP contribution in [0.5, 0.6) is 0 Å². The minimum absolute atomic E-state index is 0.0809. The van der Waals surface area contributed by atoms with Gasteiger partial charge in [-0.15, -0.1) is 0 Å². The molecular formula is C20H17FN4O2. The first-order valence-corrected chi connectivity index (χ1v) is 9.03. The topological polar surface area (TPSA) is 76.7 Å². The molecule has 0 unspecified atom stereocenters. The van der Waals surface area contributed by atoms with Crippen molar-refractivity contribution in [1.29, 1.82) is 0 Å².